The number of nitrogens with one attached hydrogen (secondary N) is 1. The first-order valence-corrected chi connectivity index (χ1v) is 9.87. The number of aryl methyl sites for hydroxylation is 1. The Morgan fingerprint density at radius 2 is 1.90 bits per heavy atom. The van der Waals surface area contributed by atoms with Crippen molar-refractivity contribution in [2.45, 2.75) is 26.2 Å². The Morgan fingerprint density at radius 3 is 2.58 bits per heavy atom. The van der Waals surface area contributed by atoms with Crippen molar-refractivity contribution in [3.05, 3.63) is 96.9 Å². The lowest BCUT2D eigenvalue weighted by molar-refractivity contribution is -0.384. The maximum atomic E-state index is 12.8. The van der Waals surface area contributed by atoms with Gasteiger partial charge in [0, 0.05) is 34.8 Å². The molecule has 0 aliphatic heterocycles. The molecule has 1 amide bonds. The van der Waals surface area contributed by atoms with Gasteiger partial charge in [0.25, 0.3) is 11.6 Å². The Balaban J connectivity index is 1.91. The third kappa shape index (κ3) is 4.80. The van der Waals surface area contributed by atoms with Crippen molar-refractivity contribution in [1.82, 2.24) is 15.1 Å². The maximum absolute atomic E-state index is 12.8. The number of hydrogen-bond acceptors (Lipinski definition) is 5. The number of carbonyl (C=O) groups is 1. The molecule has 3 aromatic rings. The first-order valence-electron chi connectivity index (χ1n) is 9.49. The molecule has 0 aliphatic carbocycles. The molecule has 9 heteroatoms. The monoisotopic (exact) mass is 440 g/mol. The fourth-order valence-electron chi connectivity index (χ4n) is 3.14. The highest BCUT2D eigenvalue weighted by Gasteiger charge is 2.24. The molecule has 3 rings (SSSR count). The fourth-order valence-corrected chi connectivity index (χ4v) is 3.33. The summed E-state index contributed by atoms with van der Waals surface area (Å²) in [7, 11) is 0. The summed E-state index contributed by atoms with van der Waals surface area (Å²) < 4.78 is 1.23. The predicted molar refractivity (Wildman–Crippen MR) is 118 cm³/mol. The normalized spacial score (nSPS) is 11.2. The van der Waals surface area contributed by atoms with Crippen LogP contribution in [0.3, 0.4) is 0 Å². The van der Waals surface area contributed by atoms with E-state index < -0.39 is 21.7 Å². The molecule has 1 aromatic heterocycles. The van der Waals surface area contributed by atoms with Gasteiger partial charge in [-0.05, 0) is 30.7 Å². The Kier molecular flexibility index (Phi) is 6.21. The minimum Gasteiger partial charge on any atom is -0.350 e. The smallest absolute Gasteiger partial charge is 0.294 e. The summed E-state index contributed by atoms with van der Waals surface area (Å²) in [5.74, 6) is -0.660. The summed E-state index contributed by atoms with van der Waals surface area (Å²) >= 11 is 6.07. The molecule has 31 heavy (non-hydrogen) atoms. The van der Waals surface area contributed by atoms with Gasteiger partial charge < -0.3 is 5.32 Å². The van der Waals surface area contributed by atoms with Gasteiger partial charge in [0.2, 0.25) is 5.43 Å². The largest absolute Gasteiger partial charge is 0.350 e. The highest BCUT2D eigenvalue weighted by Crippen LogP contribution is 2.25. The van der Waals surface area contributed by atoms with Crippen LogP contribution in [0.2, 0.25) is 5.02 Å². The van der Waals surface area contributed by atoms with E-state index in [4.69, 9.17) is 11.6 Å². The van der Waals surface area contributed by atoms with Crippen LogP contribution in [0.25, 0.3) is 5.69 Å². The molecule has 2 aromatic carbocycles. The first kappa shape index (κ1) is 22.2. The summed E-state index contributed by atoms with van der Waals surface area (Å²) in [6, 6.07) is 14.5. The number of aromatic nitrogens is 2. The van der Waals surface area contributed by atoms with E-state index in [-0.39, 0.29) is 23.6 Å². The van der Waals surface area contributed by atoms with Crippen LogP contribution in [0.1, 0.15) is 35.6 Å². The molecule has 8 nitrogen and oxygen atoms in total. The summed E-state index contributed by atoms with van der Waals surface area (Å²) in [4.78, 5) is 36.0. The molecule has 1 N–H and O–H groups in total. The second-order valence-corrected chi connectivity index (χ2v) is 8.17. The lowest BCUT2D eigenvalue weighted by atomic mass is 9.84. The van der Waals surface area contributed by atoms with Crippen LogP contribution in [0, 0.1) is 17.0 Å². The minimum atomic E-state index is -0.660. The number of nitro benzene ring substituents is 1. The second-order valence-electron chi connectivity index (χ2n) is 7.73. The lowest BCUT2D eigenvalue weighted by Crippen LogP contribution is -2.39. The minimum absolute atomic E-state index is 0.165. The molecule has 0 aliphatic rings. The lowest BCUT2D eigenvalue weighted by Gasteiger charge is -2.25. The second kappa shape index (κ2) is 8.69. The van der Waals surface area contributed by atoms with Gasteiger partial charge >= 0.3 is 0 Å². The predicted octanol–water partition coefficient (Wildman–Crippen LogP) is 3.81. The molecule has 0 spiro atoms. The van der Waals surface area contributed by atoms with Crippen molar-refractivity contribution in [2.24, 2.45) is 0 Å². The Morgan fingerprint density at radius 1 is 1.19 bits per heavy atom. The van der Waals surface area contributed by atoms with Crippen molar-refractivity contribution < 1.29 is 9.72 Å². The Labute approximate surface area is 183 Å². The quantitative estimate of drug-likeness (QED) is 0.463. The Bertz CT molecular complexity index is 1220. The van der Waals surface area contributed by atoms with Gasteiger partial charge in [-0.3, -0.25) is 19.7 Å². The fraction of sp³-hybridized carbons (Fsp3) is 0.227. The number of benzene rings is 2. The van der Waals surface area contributed by atoms with E-state index in [0.717, 1.165) is 5.56 Å². The highest BCUT2D eigenvalue weighted by atomic mass is 35.5. The van der Waals surface area contributed by atoms with E-state index in [1.54, 1.807) is 19.1 Å². The van der Waals surface area contributed by atoms with E-state index in [2.05, 4.69) is 10.4 Å². The molecule has 0 saturated heterocycles. The molecule has 0 radical (unpaired) electrons. The molecule has 1 heterocycles. The average molecular weight is 441 g/mol. The van der Waals surface area contributed by atoms with E-state index >= 15 is 0 Å². The van der Waals surface area contributed by atoms with Crippen molar-refractivity contribution in [1.29, 1.82) is 0 Å². The van der Waals surface area contributed by atoms with Crippen LogP contribution >= 0.6 is 11.6 Å². The average Bonchev–Trinajstić information content (AvgIpc) is 2.72. The van der Waals surface area contributed by atoms with Gasteiger partial charge in [0.1, 0.15) is 5.69 Å². The van der Waals surface area contributed by atoms with Crippen molar-refractivity contribution in [3.8, 4) is 5.69 Å². The highest BCUT2D eigenvalue weighted by molar-refractivity contribution is 6.30. The number of nitro groups is 1. The number of halogens is 1. The van der Waals surface area contributed by atoms with E-state index in [9.17, 15) is 19.7 Å². The summed E-state index contributed by atoms with van der Waals surface area (Å²) in [5.41, 5.74) is -0.0863. The third-order valence-corrected chi connectivity index (χ3v) is 5.16. The van der Waals surface area contributed by atoms with Gasteiger partial charge in [-0.1, -0.05) is 49.7 Å². The zero-order valence-corrected chi connectivity index (χ0v) is 18.0. The number of amides is 1. The van der Waals surface area contributed by atoms with Crippen LogP contribution in [0.15, 0.2) is 59.4 Å². The summed E-state index contributed by atoms with van der Waals surface area (Å²) in [6.07, 6.45) is 0. The van der Waals surface area contributed by atoms with Crippen LogP contribution in [0.4, 0.5) is 5.69 Å². The number of rotatable bonds is 6. The van der Waals surface area contributed by atoms with Crippen LogP contribution in [-0.4, -0.2) is 27.2 Å². The molecule has 0 saturated carbocycles. The SMILES string of the molecule is Cc1cc(=O)c(C(=O)NCC(C)(C)c2cccc(Cl)c2)nn1-c1ccccc1[N+](=O)[O-]. The molecule has 0 atom stereocenters. The maximum Gasteiger partial charge on any atom is 0.294 e. The van der Waals surface area contributed by atoms with Crippen LogP contribution in [-0.2, 0) is 5.41 Å². The molecular formula is C22H21ClN4O4. The van der Waals surface area contributed by atoms with Gasteiger partial charge in [-0.15, -0.1) is 0 Å². The molecule has 0 unspecified atom stereocenters. The number of para-hydroxylation sites is 2. The van der Waals surface area contributed by atoms with Crippen LogP contribution in [0.5, 0.6) is 0 Å². The zero-order valence-electron chi connectivity index (χ0n) is 17.3. The topological polar surface area (TPSA) is 107 Å². The summed E-state index contributed by atoms with van der Waals surface area (Å²) in [6.45, 7) is 5.70. The third-order valence-electron chi connectivity index (χ3n) is 4.93. The van der Waals surface area contributed by atoms with Crippen LogP contribution < -0.4 is 10.7 Å². The van der Waals surface area contributed by atoms with E-state index in [1.165, 1.54) is 28.9 Å². The van der Waals surface area contributed by atoms with E-state index in [1.807, 2.05) is 32.0 Å². The van der Waals surface area contributed by atoms with Crippen molar-refractivity contribution in [2.75, 3.05) is 6.54 Å². The molecule has 0 fully saturated rings. The van der Waals surface area contributed by atoms with Gasteiger partial charge in [0.15, 0.2) is 5.69 Å². The Hall–Kier alpha value is -3.52. The van der Waals surface area contributed by atoms with Gasteiger partial charge in [0.05, 0.1) is 4.92 Å². The van der Waals surface area contributed by atoms with Crippen molar-refractivity contribution in [3.63, 3.8) is 0 Å². The first-order chi connectivity index (χ1) is 14.6. The molecule has 160 valence electrons. The summed E-state index contributed by atoms with van der Waals surface area (Å²) in [5, 5.41) is 18.8. The number of carbonyl (C=O) groups excluding carboxylic acids is 1. The molecular weight excluding hydrogens is 420 g/mol. The number of hydrogen-bond donors (Lipinski definition) is 1. The van der Waals surface area contributed by atoms with E-state index in [0.29, 0.717) is 10.7 Å². The zero-order chi connectivity index (χ0) is 22.8. The standard InChI is InChI=1S/C22H21ClN4O4/c1-14-11-19(28)20(25-26(14)17-9-4-5-10-18(17)27(30)31)21(29)24-13-22(2,3)15-7-6-8-16(23)12-15/h4-12H,13H2,1-3H3,(H,24,29). The van der Waals surface area contributed by atoms with Gasteiger partial charge in [-0.25, -0.2) is 4.68 Å². The van der Waals surface area contributed by atoms with Gasteiger partial charge in [-0.2, -0.15) is 5.10 Å². The molecule has 0 bridgehead atoms. The number of nitrogens with zero attached hydrogens (tertiary/aromatic N) is 3. The van der Waals surface area contributed by atoms with Crippen molar-refractivity contribution >= 4 is 23.2 Å².